The number of hydrogen-bond donors (Lipinski definition) is 2. The van der Waals surface area contributed by atoms with E-state index in [1.807, 2.05) is 5.06 Å². The van der Waals surface area contributed by atoms with Crippen molar-refractivity contribution in [3.05, 3.63) is 0 Å². The van der Waals surface area contributed by atoms with E-state index in [0.717, 1.165) is 50.9 Å². The third-order valence-corrected chi connectivity index (χ3v) is 7.80. The van der Waals surface area contributed by atoms with Crippen molar-refractivity contribution in [1.29, 1.82) is 0 Å². The average molecular weight is 450 g/mol. The largest absolute Gasteiger partial charge is 0.396 e. The first kappa shape index (κ1) is 24.0. The number of carbonyl (C=O) groups excluding carboxylic acids is 1. The molecular formula is C25H43N3O4. The van der Waals surface area contributed by atoms with Crippen LogP contribution in [0.15, 0.2) is 4.99 Å². The van der Waals surface area contributed by atoms with Crippen LogP contribution in [-0.2, 0) is 14.4 Å². The first-order valence-corrected chi connectivity index (χ1v) is 13.3. The maximum absolute atomic E-state index is 12.9. The fourth-order valence-electron chi connectivity index (χ4n) is 5.87. The summed E-state index contributed by atoms with van der Waals surface area (Å²) in [7, 11) is 0. The minimum Gasteiger partial charge on any atom is -0.396 e. The number of nitrogens with one attached hydrogen (secondary N) is 1. The molecule has 3 fully saturated rings. The highest BCUT2D eigenvalue weighted by molar-refractivity contribution is 5.90. The van der Waals surface area contributed by atoms with Gasteiger partial charge in [-0.1, -0.05) is 38.5 Å². The Morgan fingerprint density at radius 2 is 1.69 bits per heavy atom. The molecule has 3 aliphatic carbocycles. The summed E-state index contributed by atoms with van der Waals surface area (Å²) in [6, 6.07) is 0.345. The minimum absolute atomic E-state index is 0.0765. The molecule has 0 spiro atoms. The predicted molar refractivity (Wildman–Crippen MR) is 124 cm³/mol. The third kappa shape index (κ3) is 6.45. The van der Waals surface area contributed by atoms with Gasteiger partial charge < -0.3 is 15.2 Å². The molecule has 2 N–H and O–H groups in total. The number of ether oxygens (including phenoxy) is 1. The summed E-state index contributed by atoms with van der Waals surface area (Å²) < 4.78 is 5.92. The molecule has 1 unspecified atom stereocenters. The van der Waals surface area contributed by atoms with Gasteiger partial charge in [0.05, 0.1) is 12.1 Å². The number of carbonyl (C=O) groups is 1. The van der Waals surface area contributed by atoms with Gasteiger partial charge in [0.25, 0.3) is 12.1 Å². The van der Waals surface area contributed by atoms with Crippen LogP contribution in [0.2, 0.25) is 0 Å². The Morgan fingerprint density at radius 1 is 1.00 bits per heavy atom. The van der Waals surface area contributed by atoms with E-state index in [0.29, 0.717) is 30.9 Å². The second-order valence-corrected chi connectivity index (χ2v) is 10.2. The molecule has 0 radical (unpaired) electrons. The number of aliphatic hydroxyl groups is 1. The van der Waals surface area contributed by atoms with E-state index in [1.54, 1.807) is 0 Å². The number of aliphatic imine (C=N–C) groups is 1. The van der Waals surface area contributed by atoms with Gasteiger partial charge in [0.1, 0.15) is 5.84 Å². The van der Waals surface area contributed by atoms with E-state index in [2.05, 4.69) is 5.32 Å². The van der Waals surface area contributed by atoms with Crippen molar-refractivity contribution in [1.82, 2.24) is 10.4 Å². The highest BCUT2D eigenvalue weighted by atomic mass is 16.7. The molecule has 0 saturated heterocycles. The van der Waals surface area contributed by atoms with Gasteiger partial charge in [-0.15, -0.1) is 0 Å². The van der Waals surface area contributed by atoms with Crippen molar-refractivity contribution in [3.8, 4) is 0 Å². The molecule has 1 aliphatic heterocycles. The van der Waals surface area contributed by atoms with Crippen LogP contribution in [0, 0.1) is 11.8 Å². The van der Waals surface area contributed by atoms with Crippen molar-refractivity contribution < 1.29 is 19.5 Å². The Bertz CT molecular complexity index is 608. The first-order chi connectivity index (χ1) is 15.7. The van der Waals surface area contributed by atoms with Crippen LogP contribution in [-0.4, -0.2) is 60.0 Å². The van der Waals surface area contributed by atoms with Gasteiger partial charge in [-0.25, -0.2) is 14.9 Å². The summed E-state index contributed by atoms with van der Waals surface area (Å²) >= 11 is 0. The summed E-state index contributed by atoms with van der Waals surface area (Å²) in [5, 5.41) is 14.2. The molecule has 0 bridgehead atoms. The van der Waals surface area contributed by atoms with Crippen LogP contribution >= 0.6 is 0 Å². The molecular weight excluding hydrogens is 406 g/mol. The molecule has 4 aliphatic rings. The van der Waals surface area contributed by atoms with Crippen LogP contribution in [0.25, 0.3) is 0 Å². The van der Waals surface area contributed by atoms with E-state index in [4.69, 9.17) is 19.7 Å². The molecule has 0 aromatic heterocycles. The lowest BCUT2D eigenvalue weighted by Crippen LogP contribution is -2.44. The van der Waals surface area contributed by atoms with Gasteiger partial charge >= 0.3 is 0 Å². The summed E-state index contributed by atoms with van der Waals surface area (Å²) in [5.41, 5.74) is 0. The van der Waals surface area contributed by atoms with E-state index < -0.39 is 6.23 Å². The van der Waals surface area contributed by atoms with Crippen molar-refractivity contribution in [2.45, 2.75) is 115 Å². The Hall–Kier alpha value is -1.18. The summed E-state index contributed by atoms with van der Waals surface area (Å²) in [6.07, 6.45) is 16.6. The number of amides is 1. The number of hydroxylamine groups is 2. The van der Waals surface area contributed by atoms with Gasteiger partial charge in [0, 0.05) is 25.7 Å². The first-order valence-electron chi connectivity index (χ1n) is 13.3. The fraction of sp³-hybridized carbons (Fsp3) is 0.920. The lowest BCUT2D eigenvalue weighted by molar-refractivity contribution is -0.170. The third-order valence-electron chi connectivity index (χ3n) is 7.80. The highest BCUT2D eigenvalue weighted by Gasteiger charge is 2.40. The Kier molecular flexibility index (Phi) is 9.23. The summed E-state index contributed by atoms with van der Waals surface area (Å²) in [6.45, 7) is 1.57. The fourth-order valence-corrected chi connectivity index (χ4v) is 5.87. The van der Waals surface area contributed by atoms with Crippen molar-refractivity contribution in [2.75, 3.05) is 19.8 Å². The topological polar surface area (TPSA) is 83.4 Å². The molecule has 1 heterocycles. The molecule has 3 saturated carbocycles. The second-order valence-electron chi connectivity index (χ2n) is 10.2. The molecule has 182 valence electrons. The highest BCUT2D eigenvalue weighted by Crippen LogP contribution is 2.35. The number of rotatable bonds is 9. The number of aliphatic hydroxyl groups excluding tert-OH is 1. The molecule has 4 rings (SSSR count). The van der Waals surface area contributed by atoms with Crippen LogP contribution in [0.1, 0.15) is 96.3 Å². The summed E-state index contributed by atoms with van der Waals surface area (Å²) in [5.74, 6) is 1.87. The van der Waals surface area contributed by atoms with Gasteiger partial charge in [0.2, 0.25) is 0 Å². The van der Waals surface area contributed by atoms with E-state index in [1.165, 1.54) is 51.4 Å². The van der Waals surface area contributed by atoms with Gasteiger partial charge in [-0.05, 0) is 63.7 Å². The Morgan fingerprint density at radius 3 is 2.38 bits per heavy atom. The second kappa shape index (κ2) is 12.3. The molecule has 7 nitrogen and oxygen atoms in total. The number of hydrogen-bond acceptors (Lipinski definition) is 6. The molecule has 0 aromatic rings. The molecule has 32 heavy (non-hydrogen) atoms. The maximum atomic E-state index is 12.9. The van der Waals surface area contributed by atoms with Crippen molar-refractivity contribution in [3.63, 3.8) is 0 Å². The molecule has 1 atom stereocenters. The van der Waals surface area contributed by atoms with E-state index in [-0.39, 0.29) is 18.6 Å². The molecule has 1 amide bonds. The average Bonchev–Trinajstić information content (AvgIpc) is 3.30. The molecule has 0 aromatic carbocycles. The van der Waals surface area contributed by atoms with Gasteiger partial charge in [-0.3, -0.25) is 4.79 Å². The normalized spacial score (nSPS) is 30.3. The number of amidine groups is 1. The lowest BCUT2D eigenvalue weighted by Gasteiger charge is -2.36. The SMILES string of the molecule is O=C(NCC1CCCCC1)C1N=C(C2CCC(OCCCO)CC2)N(C2CCCCC2)O1. The zero-order valence-corrected chi connectivity index (χ0v) is 19.7. The monoisotopic (exact) mass is 449 g/mol. The predicted octanol–water partition coefficient (Wildman–Crippen LogP) is 3.95. The van der Waals surface area contributed by atoms with Crippen LogP contribution in [0.5, 0.6) is 0 Å². The van der Waals surface area contributed by atoms with Gasteiger partial charge in [-0.2, -0.15) is 0 Å². The quantitative estimate of drug-likeness (QED) is 0.521. The Balaban J connectivity index is 1.34. The zero-order chi connectivity index (χ0) is 22.2. The standard InChI is InChI=1S/C25H43N3O4/c29-16-7-17-31-22-14-12-20(13-15-22)23-27-25(32-28(23)21-10-5-2-6-11-21)24(30)26-18-19-8-3-1-4-9-19/h19-22,25,29H,1-18H2,(H,26,30). The van der Waals surface area contributed by atoms with Crippen LogP contribution in [0.4, 0.5) is 0 Å². The number of nitrogens with zero attached hydrogens (tertiary/aromatic N) is 2. The summed E-state index contributed by atoms with van der Waals surface area (Å²) in [4.78, 5) is 24.0. The van der Waals surface area contributed by atoms with E-state index in [9.17, 15) is 4.79 Å². The maximum Gasteiger partial charge on any atom is 0.274 e. The lowest BCUT2D eigenvalue weighted by atomic mass is 9.85. The van der Waals surface area contributed by atoms with E-state index >= 15 is 0 Å². The van der Waals surface area contributed by atoms with Crippen molar-refractivity contribution >= 4 is 11.7 Å². The van der Waals surface area contributed by atoms with Crippen molar-refractivity contribution in [2.24, 2.45) is 16.8 Å². The van der Waals surface area contributed by atoms with Crippen LogP contribution in [0.3, 0.4) is 0 Å². The van der Waals surface area contributed by atoms with Crippen LogP contribution < -0.4 is 5.32 Å². The zero-order valence-electron chi connectivity index (χ0n) is 19.7. The minimum atomic E-state index is -0.728. The van der Waals surface area contributed by atoms with Gasteiger partial charge in [0.15, 0.2) is 0 Å². The smallest absolute Gasteiger partial charge is 0.274 e. The molecule has 7 heteroatoms. The Labute approximate surface area is 193 Å².